The van der Waals surface area contributed by atoms with Crippen LogP contribution in [-0.4, -0.2) is 25.4 Å². The van der Waals surface area contributed by atoms with Crippen LogP contribution in [0.1, 0.15) is 61.7 Å². The molecular formula is C18H21N5O3. The number of hydrogen-bond acceptors (Lipinski definition) is 6. The van der Waals surface area contributed by atoms with Crippen LogP contribution in [0, 0.1) is 0 Å². The summed E-state index contributed by atoms with van der Waals surface area (Å²) in [6, 6.07) is 3.56. The molecule has 2 aromatic heterocycles. The first kappa shape index (κ1) is 16.6. The SMILES string of the molecule is O=c1[nH]c(=O)n(C2CCCCC2)c(O)c1C1=NN[C@H](c2cccnc2)C1. The van der Waals surface area contributed by atoms with Gasteiger partial charge in [-0.2, -0.15) is 5.10 Å². The van der Waals surface area contributed by atoms with Gasteiger partial charge in [0, 0.05) is 24.9 Å². The van der Waals surface area contributed by atoms with E-state index in [1.54, 1.807) is 12.4 Å². The number of aromatic nitrogens is 3. The lowest BCUT2D eigenvalue weighted by molar-refractivity contribution is 0.298. The molecule has 136 valence electrons. The number of hydrogen-bond donors (Lipinski definition) is 3. The summed E-state index contributed by atoms with van der Waals surface area (Å²) in [5.74, 6) is -0.280. The van der Waals surface area contributed by atoms with Gasteiger partial charge in [0.1, 0.15) is 5.56 Å². The minimum atomic E-state index is -0.605. The molecule has 26 heavy (non-hydrogen) atoms. The van der Waals surface area contributed by atoms with Crippen molar-refractivity contribution >= 4 is 5.71 Å². The molecule has 2 aliphatic rings. The van der Waals surface area contributed by atoms with Crippen LogP contribution in [-0.2, 0) is 0 Å². The van der Waals surface area contributed by atoms with E-state index >= 15 is 0 Å². The minimum absolute atomic E-state index is 0.0778. The van der Waals surface area contributed by atoms with Gasteiger partial charge in [0.25, 0.3) is 5.56 Å². The number of aromatic amines is 1. The van der Waals surface area contributed by atoms with Gasteiger partial charge < -0.3 is 10.5 Å². The Labute approximate surface area is 149 Å². The minimum Gasteiger partial charge on any atom is -0.494 e. The zero-order valence-electron chi connectivity index (χ0n) is 14.3. The number of pyridine rings is 1. The summed E-state index contributed by atoms with van der Waals surface area (Å²) in [5.41, 5.74) is 3.30. The molecule has 0 aromatic carbocycles. The molecule has 8 nitrogen and oxygen atoms in total. The molecule has 8 heteroatoms. The van der Waals surface area contributed by atoms with Crippen molar-refractivity contribution in [3.63, 3.8) is 0 Å². The van der Waals surface area contributed by atoms with Gasteiger partial charge in [-0.25, -0.2) is 4.79 Å². The third-order valence-electron chi connectivity index (χ3n) is 5.19. The number of aromatic hydroxyl groups is 1. The molecule has 3 heterocycles. The van der Waals surface area contributed by atoms with Crippen LogP contribution >= 0.6 is 0 Å². The van der Waals surface area contributed by atoms with Gasteiger partial charge in [-0.3, -0.25) is 19.3 Å². The van der Waals surface area contributed by atoms with E-state index < -0.39 is 11.2 Å². The topological polar surface area (TPSA) is 112 Å². The van der Waals surface area contributed by atoms with Crippen molar-refractivity contribution in [2.24, 2.45) is 5.10 Å². The Morgan fingerprint density at radius 1 is 1.19 bits per heavy atom. The fourth-order valence-electron chi connectivity index (χ4n) is 3.85. The van der Waals surface area contributed by atoms with Crippen LogP contribution in [0.2, 0.25) is 0 Å². The van der Waals surface area contributed by atoms with E-state index in [1.165, 1.54) is 4.57 Å². The number of nitrogens with zero attached hydrogens (tertiary/aromatic N) is 3. The highest BCUT2D eigenvalue weighted by molar-refractivity contribution is 6.03. The summed E-state index contributed by atoms with van der Waals surface area (Å²) in [7, 11) is 0. The summed E-state index contributed by atoms with van der Waals surface area (Å²) >= 11 is 0. The second-order valence-electron chi connectivity index (χ2n) is 6.85. The van der Waals surface area contributed by atoms with Crippen LogP contribution in [0.5, 0.6) is 5.88 Å². The highest BCUT2D eigenvalue weighted by Crippen LogP contribution is 2.31. The summed E-state index contributed by atoms with van der Waals surface area (Å²) in [4.78, 5) is 31.1. The van der Waals surface area contributed by atoms with Gasteiger partial charge in [-0.15, -0.1) is 0 Å². The molecule has 1 saturated carbocycles. The first-order chi connectivity index (χ1) is 12.6. The lowest BCUT2D eigenvalue weighted by atomic mass is 9.95. The van der Waals surface area contributed by atoms with Crippen molar-refractivity contribution in [3.05, 3.63) is 56.5 Å². The molecule has 3 N–H and O–H groups in total. The van der Waals surface area contributed by atoms with Gasteiger partial charge >= 0.3 is 5.69 Å². The fraction of sp³-hybridized carbons (Fsp3) is 0.444. The lowest BCUT2D eigenvalue weighted by Gasteiger charge is -2.25. The summed E-state index contributed by atoms with van der Waals surface area (Å²) in [5, 5.41) is 15.0. The lowest BCUT2D eigenvalue weighted by Crippen LogP contribution is -2.36. The smallest absolute Gasteiger partial charge is 0.331 e. The maximum Gasteiger partial charge on any atom is 0.331 e. The van der Waals surface area contributed by atoms with Gasteiger partial charge in [-0.05, 0) is 24.5 Å². The molecular weight excluding hydrogens is 334 g/mol. The van der Waals surface area contributed by atoms with Crippen molar-refractivity contribution in [1.29, 1.82) is 0 Å². The van der Waals surface area contributed by atoms with E-state index in [4.69, 9.17) is 0 Å². The van der Waals surface area contributed by atoms with Gasteiger partial charge in [0.15, 0.2) is 0 Å². The van der Waals surface area contributed by atoms with Crippen molar-refractivity contribution in [2.45, 2.75) is 50.6 Å². The largest absolute Gasteiger partial charge is 0.494 e. The van der Waals surface area contributed by atoms with Crippen LogP contribution in [0.4, 0.5) is 0 Å². The average Bonchev–Trinajstić information content (AvgIpc) is 3.12. The van der Waals surface area contributed by atoms with Crippen LogP contribution in [0.3, 0.4) is 0 Å². The molecule has 0 amide bonds. The molecule has 1 aliphatic carbocycles. The van der Waals surface area contributed by atoms with Gasteiger partial charge in [0.05, 0.1) is 11.8 Å². The van der Waals surface area contributed by atoms with E-state index in [-0.39, 0.29) is 23.5 Å². The summed E-state index contributed by atoms with van der Waals surface area (Å²) in [6.07, 6.45) is 8.66. The first-order valence-corrected chi connectivity index (χ1v) is 8.95. The summed E-state index contributed by atoms with van der Waals surface area (Å²) in [6.45, 7) is 0. The molecule has 0 saturated heterocycles. The van der Waals surface area contributed by atoms with Crippen molar-refractivity contribution < 1.29 is 5.11 Å². The number of nitrogens with one attached hydrogen (secondary N) is 2. The maximum absolute atomic E-state index is 12.4. The molecule has 4 rings (SSSR count). The van der Waals surface area contributed by atoms with Crippen molar-refractivity contribution in [2.75, 3.05) is 0 Å². The van der Waals surface area contributed by atoms with E-state index in [0.717, 1.165) is 37.7 Å². The number of hydrazone groups is 1. The summed E-state index contributed by atoms with van der Waals surface area (Å²) < 4.78 is 1.33. The maximum atomic E-state index is 12.4. The van der Waals surface area contributed by atoms with Crippen LogP contribution in [0.25, 0.3) is 0 Å². The van der Waals surface area contributed by atoms with E-state index in [0.29, 0.717) is 12.1 Å². The molecule has 1 atom stereocenters. The Hall–Kier alpha value is -2.90. The van der Waals surface area contributed by atoms with Crippen LogP contribution < -0.4 is 16.7 Å². The molecule has 0 radical (unpaired) electrons. The standard InChI is InChI=1S/C18H21N5O3/c24-16-15(14-9-13(21-22-14)11-5-4-8-19-10-11)17(25)23(18(26)20-16)12-6-2-1-3-7-12/h4-5,8,10,12-13,21,25H,1-3,6-7,9H2,(H,20,24,26)/t13-/m0/s1. The molecule has 1 aliphatic heterocycles. The highest BCUT2D eigenvalue weighted by atomic mass is 16.3. The average molecular weight is 355 g/mol. The zero-order chi connectivity index (χ0) is 18.1. The Morgan fingerprint density at radius 2 is 2.00 bits per heavy atom. The fourth-order valence-corrected chi connectivity index (χ4v) is 3.85. The Kier molecular flexibility index (Phi) is 4.32. The van der Waals surface area contributed by atoms with E-state index in [9.17, 15) is 14.7 Å². The normalized spacial score (nSPS) is 20.6. The third-order valence-corrected chi connectivity index (χ3v) is 5.19. The molecule has 2 aromatic rings. The molecule has 1 fully saturated rings. The Balaban J connectivity index is 1.69. The molecule has 0 spiro atoms. The second-order valence-corrected chi connectivity index (χ2v) is 6.85. The second kappa shape index (κ2) is 6.78. The Morgan fingerprint density at radius 3 is 2.73 bits per heavy atom. The van der Waals surface area contributed by atoms with Crippen molar-refractivity contribution in [1.82, 2.24) is 20.0 Å². The molecule has 0 unspecified atom stereocenters. The van der Waals surface area contributed by atoms with Crippen LogP contribution in [0.15, 0.2) is 39.2 Å². The van der Waals surface area contributed by atoms with Crippen molar-refractivity contribution in [3.8, 4) is 5.88 Å². The third kappa shape index (κ3) is 2.91. The van der Waals surface area contributed by atoms with Gasteiger partial charge in [0.2, 0.25) is 5.88 Å². The quantitative estimate of drug-likeness (QED) is 0.774. The number of H-pyrrole nitrogens is 1. The number of rotatable bonds is 3. The monoisotopic (exact) mass is 355 g/mol. The van der Waals surface area contributed by atoms with E-state index in [1.807, 2.05) is 12.1 Å². The predicted octanol–water partition coefficient (Wildman–Crippen LogP) is 1.58. The zero-order valence-corrected chi connectivity index (χ0v) is 14.3. The predicted molar refractivity (Wildman–Crippen MR) is 96.4 cm³/mol. The first-order valence-electron chi connectivity index (χ1n) is 8.95. The highest BCUT2D eigenvalue weighted by Gasteiger charge is 2.29. The Bertz CT molecular complexity index is 942. The van der Waals surface area contributed by atoms with E-state index in [2.05, 4.69) is 20.5 Å². The molecule has 0 bridgehead atoms. The van der Waals surface area contributed by atoms with Gasteiger partial charge in [-0.1, -0.05) is 25.3 Å².